The summed E-state index contributed by atoms with van der Waals surface area (Å²) in [6.45, 7) is 0. The second-order valence-electron chi connectivity index (χ2n) is 4.68. The monoisotopic (exact) mass is 356 g/mol. The summed E-state index contributed by atoms with van der Waals surface area (Å²) in [6, 6.07) is 5.70. The maximum atomic E-state index is 13.1. The first-order valence-electron chi connectivity index (χ1n) is 6.33. The predicted molar refractivity (Wildman–Crippen MR) is 68.5 cm³/mol. The van der Waals surface area contributed by atoms with Crippen LogP contribution in [0.5, 0.6) is 5.75 Å². The number of rotatable bonds is 3. The molecular formula is C15H8F8O. The van der Waals surface area contributed by atoms with Crippen LogP contribution in [0.25, 0.3) is 11.1 Å². The molecule has 0 aliphatic rings. The molecule has 2 aromatic rings. The topological polar surface area (TPSA) is 9.23 Å². The largest absolute Gasteiger partial charge is 0.573 e. The van der Waals surface area contributed by atoms with E-state index in [-0.39, 0.29) is 11.6 Å². The summed E-state index contributed by atoms with van der Waals surface area (Å²) in [5.74, 6) is -0.717. The van der Waals surface area contributed by atoms with E-state index in [2.05, 4.69) is 4.74 Å². The Morgan fingerprint density at radius 1 is 0.833 bits per heavy atom. The number of halogens is 8. The van der Waals surface area contributed by atoms with Gasteiger partial charge in [0.05, 0.1) is 5.56 Å². The Labute approximate surface area is 130 Å². The molecular weight excluding hydrogens is 348 g/mol. The molecule has 0 atom stereocenters. The van der Waals surface area contributed by atoms with Crippen LogP contribution >= 0.6 is 0 Å². The van der Waals surface area contributed by atoms with Gasteiger partial charge in [-0.25, -0.2) is 8.78 Å². The normalized spacial score (nSPS) is 12.5. The average Bonchev–Trinajstić information content (AvgIpc) is 2.44. The van der Waals surface area contributed by atoms with E-state index in [1.807, 2.05) is 0 Å². The Balaban J connectivity index is 2.54. The molecule has 1 nitrogen and oxygen atoms in total. The fraction of sp³-hybridized carbons (Fsp3) is 0.200. The van der Waals surface area contributed by atoms with E-state index < -0.39 is 41.4 Å². The van der Waals surface area contributed by atoms with Gasteiger partial charge in [0.25, 0.3) is 6.43 Å². The second kappa shape index (κ2) is 6.29. The lowest BCUT2D eigenvalue weighted by Gasteiger charge is -2.16. The molecule has 0 spiro atoms. The minimum absolute atomic E-state index is 0.245. The highest BCUT2D eigenvalue weighted by molar-refractivity contribution is 5.70. The Bertz CT molecular complexity index is 718. The summed E-state index contributed by atoms with van der Waals surface area (Å²) in [4.78, 5) is 0. The zero-order valence-electron chi connectivity index (χ0n) is 11.6. The molecule has 0 aliphatic heterocycles. The molecule has 130 valence electrons. The third-order valence-electron chi connectivity index (χ3n) is 2.98. The molecule has 0 saturated carbocycles. The van der Waals surface area contributed by atoms with E-state index in [4.69, 9.17) is 0 Å². The first-order chi connectivity index (χ1) is 11.0. The van der Waals surface area contributed by atoms with Crippen LogP contribution in [-0.2, 0) is 6.18 Å². The average molecular weight is 356 g/mol. The van der Waals surface area contributed by atoms with Crippen molar-refractivity contribution in [3.8, 4) is 16.9 Å². The van der Waals surface area contributed by atoms with Crippen molar-refractivity contribution >= 4 is 0 Å². The summed E-state index contributed by atoms with van der Waals surface area (Å²) >= 11 is 0. The minimum atomic E-state index is -5.01. The molecule has 2 aromatic carbocycles. The van der Waals surface area contributed by atoms with Crippen molar-refractivity contribution < 1.29 is 39.9 Å². The van der Waals surface area contributed by atoms with Gasteiger partial charge in [-0.3, -0.25) is 0 Å². The zero-order valence-corrected chi connectivity index (χ0v) is 11.6. The van der Waals surface area contributed by atoms with Crippen molar-refractivity contribution in [1.29, 1.82) is 0 Å². The molecule has 0 heterocycles. The van der Waals surface area contributed by atoms with Crippen molar-refractivity contribution in [2.24, 2.45) is 0 Å². The van der Waals surface area contributed by atoms with Crippen molar-refractivity contribution in [2.75, 3.05) is 0 Å². The Morgan fingerprint density at radius 3 is 2.04 bits per heavy atom. The van der Waals surface area contributed by atoms with Crippen LogP contribution in [0.15, 0.2) is 42.5 Å². The standard InChI is InChI=1S/C15H8F8O/c16-13(17)9-4-5-11(12(7-9)14(18,19)20)8-2-1-3-10(6-8)24-15(21,22)23/h1-7,13H. The lowest BCUT2D eigenvalue weighted by molar-refractivity contribution is -0.274. The van der Waals surface area contributed by atoms with E-state index in [0.717, 1.165) is 36.4 Å². The number of benzene rings is 2. The fourth-order valence-corrected chi connectivity index (χ4v) is 2.04. The molecule has 24 heavy (non-hydrogen) atoms. The van der Waals surface area contributed by atoms with Gasteiger partial charge < -0.3 is 4.74 Å². The molecule has 0 aromatic heterocycles. The van der Waals surface area contributed by atoms with E-state index in [1.165, 1.54) is 0 Å². The smallest absolute Gasteiger partial charge is 0.406 e. The highest BCUT2D eigenvalue weighted by Gasteiger charge is 2.35. The third-order valence-corrected chi connectivity index (χ3v) is 2.98. The van der Waals surface area contributed by atoms with Crippen LogP contribution < -0.4 is 4.74 Å². The first-order valence-corrected chi connectivity index (χ1v) is 6.33. The number of hydrogen-bond donors (Lipinski definition) is 0. The molecule has 0 bridgehead atoms. The van der Waals surface area contributed by atoms with Crippen LogP contribution in [0, 0.1) is 0 Å². The van der Waals surface area contributed by atoms with Gasteiger partial charge in [0.15, 0.2) is 0 Å². The molecule has 0 unspecified atom stereocenters. The highest BCUT2D eigenvalue weighted by atomic mass is 19.4. The molecule has 2 rings (SSSR count). The first kappa shape index (κ1) is 18.0. The van der Waals surface area contributed by atoms with Gasteiger partial charge in [0.2, 0.25) is 0 Å². The van der Waals surface area contributed by atoms with Crippen LogP contribution in [0.2, 0.25) is 0 Å². The third kappa shape index (κ3) is 4.36. The molecule has 0 radical (unpaired) electrons. The number of alkyl halides is 8. The summed E-state index contributed by atoms with van der Waals surface area (Å²) in [7, 11) is 0. The van der Waals surface area contributed by atoms with E-state index >= 15 is 0 Å². The van der Waals surface area contributed by atoms with Gasteiger partial charge >= 0.3 is 12.5 Å². The van der Waals surface area contributed by atoms with E-state index in [1.54, 1.807) is 0 Å². The Morgan fingerprint density at radius 2 is 1.50 bits per heavy atom. The molecule has 0 amide bonds. The van der Waals surface area contributed by atoms with Gasteiger partial charge in [-0.05, 0) is 29.3 Å². The molecule has 0 saturated heterocycles. The van der Waals surface area contributed by atoms with E-state index in [0.29, 0.717) is 0 Å². The Kier molecular flexibility index (Phi) is 4.73. The van der Waals surface area contributed by atoms with Crippen molar-refractivity contribution in [1.82, 2.24) is 0 Å². The molecule has 9 heteroatoms. The highest BCUT2D eigenvalue weighted by Crippen LogP contribution is 2.40. The van der Waals surface area contributed by atoms with Crippen LogP contribution in [0.1, 0.15) is 17.6 Å². The molecule has 0 aliphatic carbocycles. The summed E-state index contributed by atoms with van der Waals surface area (Å²) in [5, 5.41) is 0. The maximum absolute atomic E-state index is 13.1. The van der Waals surface area contributed by atoms with Crippen molar-refractivity contribution in [3.05, 3.63) is 53.6 Å². The Hall–Kier alpha value is -2.32. The quantitative estimate of drug-likeness (QED) is 0.594. The van der Waals surface area contributed by atoms with Crippen molar-refractivity contribution in [2.45, 2.75) is 19.0 Å². The van der Waals surface area contributed by atoms with Crippen LogP contribution in [-0.4, -0.2) is 6.36 Å². The van der Waals surface area contributed by atoms with Crippen LogP contribution in [0.4, 0.5) is 35.1 Å². The SMILES string of the molecule is FC(F)c1ccc(-c2cccc(OC(F)(F)F)c2)c(C(F)(F)F)c1. The predicted octanol–water partition coefficient (Wildman–Crippen LogP) is 6.21. The summed E-state index contributed by atoms with van der Waals surface area (Å²) in [6.07, 6.45) is -13.1. The number of hydrogen-bond acceptors (Lipinski definition) is 1. The van der Waals surface area contributed by atoms with Gasteiger partial charge in [-0.15, -0.1) is 13.2 Å². The van der Waals surface area contributed by atoms with Gasteiger partial charge in [-0.2, -0.15) is 13.2 Å². The van der Waals surface area contributed by atoms with Gasteiger partial charge in [0, 0.05) is 5.56 Å². The minimum Gasteiger partial charge on any atom is -0.406 e. The fourth-order valence-electron chi connectivity index (χ4n) is 2.04. The summed E-state index contributed by atoms with van der Waals surface area (Å²) in [5.41, 5.74) is -2.98. The lowest BCUT2D eigenvalue weighted by atomic mass is 9.97. The molecule has 0 N–H and O–H groups in total. The lowest BCUT2D eigenvalue weighted by Crippen LogP contribution is -2.17. The molecule has 0 fully saturated rings. The van der Waals surface area contributed by atoms with Gasteiger partial charge in [-0.1, -0.05) is 24.3 Å². The van der Waals surface area contributed by atoms with E-state index in [9.17, 15) is 35.1 Å². The second-order valence-corrected chi connectivity index (χ2v) is 4.68. The van der Waals surface area contributed by atoms with Crippen molar-refractivity contribution in [3.63, 3.8) is 0 Å². The number of ether oxygens (including phenoxy) is 1. The van der Waals surface area contributed by atoms with Gasteiger partial charge in [0.1, 0.15) is 5.75 Å². The maximum Gasteiger partial charge on any atom is 0.573 e. The zero-order chi connectivity index (χ0) is 18.1. The van der Waals surface area contributed by atoms with Crippen LogP contribution in [0.3, 0.4) is 0 Å². The summed E-state index contributed by atoms with van der Waals surface area (Å²) < 4.78 is 105.